The molecule has 0 radical (unpaired) electrons. The summed E-state index contributed by atoms with van der Waals surface area (Å²) < 4.78 is 6.91. The molecule has 206 valence electrons. The van der Waals surface area contributed by atoms with Crippen LogP contribution in [0.3, 0.4) is 0 Å². The number of unbranched alkanes of at least 4 members (excludes halogenated alkanes) is 1. The fourth-order valence-electron chi connectivity index (χ4n) is 4.61. The van der Waals surface area contributed by atoms with Crippen LogP contribution < -0.4 is 0 Å². The summed E-state index contributed by atoms with van der Waals surface area (Å²) in [5, 5.41) is 1.98. The quantitative estimate of drug-likeness (QED) is 0.167. The first-order valence-corrected chi connectivity index (χ1v) is 14.0. The average Bonchev–Trinajstić information content (AvgIpc) is 3.38. The number of carbonyl (C=O) groups excluding carboxylic acids is 3. The topological polar surface area (TPSA) is 84.7 Å². The van der Waals surface area contributed by atoms with Crippen LogP contribution in [0.1, 0.15) is 64.9 Å². The standard InChI is InChI=1S/C29H32N4O4S.ClH/c1-3-4-7-26-30-16-23(31(26)17-21-10-12-22(13-11-21)28(35)37-2)15-25-27(34)33(18-20-8-9-20)29(36)32(25)19-24-6-5-14-38-24;/h5-6,10-16,20H,3-4,7-9,17-19H2,1-2H3;1H. The van der Waals surface area contributed by atoms with Gasteiger partial charge in [-0.3, -0.25) is 14.6 Å². The van der Waals surface area contributed by atoms with Crippen LogP contribution in [-0.2, 0) is 29.0 Å². The normalized spacial score (nSPS) is 16.2. The maximum absolute atomic E-state index is 13.5. The number of aromatic nitrogens is 2. The van der Waals surface area contributed by atoms with Gasteiger partial charge >= 0.3 is 12.0 Å². The molecule has 10 heteroatoms. The third kappa shape index (κ3) is 6.42. The zero-order chi connectivity index (χ0) is 26.6. The minimum absolute atomic E-state index is 0. The fraction of sp³-hybridized carbons (Fsp3) is 0.379. The molecule has 3 aromatic rings. The first-order valence-electron chi connectivity index (χ1n) is 13.1. The molecular formula is C29H33ClN4O4S. The van der Waals surface area contributed by atoms with Crippen molar-refractivity contribution in [1.29, 1.82) is 0 Å². The third-order valence-electron chi connectivity index (χ3n) is 6.97. The number of amides is 3. The average molecular weight is 569 g/mol. The number of esters is 1. The molecule has 0 N–H and O–H groups in total. The SMILES string of the molecule is CCCCc1ncc(C=C2C(=O)N(CC3CC3)C(=O)N2Cc2cccs2)n1Cc1ccc(C(=O)OC)cc1.Cl. The number of ether oxygens (including phenoxy) is 1. The fourth-order valence-corrected chi connectivity index (χ4v) is 5.30. The first kappa shape index (κ1) is 28.6. The third-order valence-corrected chi connectivity index (χ3v) is 7.83. The number of benzene rings is 1. The number of aryl methyl sites for hydroxylation is 1. The second-order valence-electron chi connectivity index (χ2n) is 9.81. The van der Waals surface area contributed by atoms with Gasteiger partial charge in [-0.1, -0.05) is 31.5 Å². The van der Waals surface area contributed by atoms with Gasteiger partial charge in [0.1, 0.15) is 11.5 Å². The summed E-state index contributed by atoms with van der Waals surface area (Å²) in [6.45, 7) is 3.50. The molecule has 3 heterocycles. The first-order chi connectivity index (χ1) is 18.5. The van der Waals surface area contributed by atoms with Crippen LogP contribution in [0.4, 0.5) is 4.79 Å². The maximum atomic E-state index is 13.5. The van der Waals surface area contributed by atoms with Crippen molar-refractivity contribution in [2.45, 2.75) is 52.1 Å². The number of imidazole rings is 1. The zero-order valence-electron chi connectivity index (χ0n) is 22.2. The summed E-state index contributed by atoms with van der Waals surface area (Å²) in [5.74, 6) is 0.708. The van der Waals surface area contributed by atoms with Gasteiger partial charge in [0.25, 0.3) is 5.91 Å². The minimum Gasteiger partial charge on any atom is -0.465 e. The van der Waals surface area contributed by atoms with Crippen LogP contribution in [0, 0.1) is 5.92 Å². The van der Waals surface area contributed by atoms with E-state index in [-0.39, 0.29) is 30.3 Å². The van der Waals surface area contributed by atoms with Crippen LogP contribution in [0.2, 0.25) is 0 Å². The van der Waals surface area contributed by atoms with Gasteiger partial charge < -0.3 is 9.30 Å². The van der Waals surface area contributed by atoms with Crippen LogP contribution >= 0.6 is 23.7 Å². The number of thiophene rings is 1. The second kappa shape index (κ2) is 12.6. The van der Waals surface area contributed by atoms with Crippen molar-refractivity contribution >= 4 is 47.7 Å². The zero-order valence-corrected chi connectivity index (χ0v) is 23.8. The number of urea groups is 1. The van der Waals surface area contributed by atoms with E-state index >= 15 is 0 Å². The van der Waals surface area contributed by atoms with E-state index in [9.17, 15) is 14.4 Å². The molecule has 0 unspecified atom stereocenters. The van der Waals surface area contributed by atoms with E-state index in [1.54, 1.807) is 34.6 Å². The number of imide groups is 1. The Morgan fingerprint density at radius 3 is 2.54 bits per heavy atom. The number of halogens is 1. The van der Waals surface area contributed by atoms with Gasteiger partial charge in [0, 0.05) is 24.4 Å². The second-order valence-corrected chi connectivity index (χ2v) is 10.8. The Balaban J connectivity index is 0.00000353. The predicted octanol–water partition coefficient (Wildman–Crippen LogP) is 5.76. The molecule has 1 aliphatic heterocycles. The molecule has 1 saturated heterocycles. The van der Waals surface area contributed by atoms with Crippen LogP contribution in [0.5, 0.6) is 0 Å². The van der Waals surface area contributed by atoms with E-state index in [1.165, 1.54) is 12.0 Å². The van der Waals surface area contributed by atoms with Gasteiger partial charge in [-0.2, -0.15) is 0 Å². The lowest BCUT2D eigenvalue weighted by Gasteiger charge is -2.16. The Labute approximate surface area is 238 Å². The van der Waals surface area contributed by atoms with Crippen LogP contribution in [0.15, 0.2) is 53.7 Å². The summed E-state index contributed by atoms with van der Waals surface area (Å²) in [7, 11) is 1.37. The summed E-state index contributed by atoms with van der Waals surface area (Å²) in [6.07, 6.45) is 8.55. The molecule has 8 nitrogen and oxygen atoms in total. The van der Waals surface area contributed by atoms with Crippen molar-refractivity contribution in [2.75, 3.05) is 13.7 Å². The smallest absolute Gasteiger partial charge is 0.337 e. The number of hydrogen-bond acceptors (Lipinski definition) is 6. The van der Waals surface area contributed by atoms with Gasteiger partial charge in [0.2, 0.25) is 0 Å². The molecule has 5 rings (SSSR count). The number of rotatable bonds is 11. The maximum Gasteiger partial charge on any atom is 0.337 e. The Bertz CT molecular complexity index is 1350. The predicted molar refractivity (Wildman–Crippen MR) is 153 cm³/mol. The lowest BCUT2D eigenvalue weighted by molar-refractivity contribution is -0.123. The van der Waals surface area contributed by atoms with Crippen molar-refractivity contribution in [1.82, 2.24) is 19.4 Å². The highest BCUT2D eigenvalue weighted by molar-refractivity contribution is 7.09. The Morgan fingerprint density at radius 2 is 1.90 bits per heavy atom. The molecule has 1 aliphatic carbocycles. The summed E-state index contributed by atoms with van der Waals surface area (Å²) in [6, 6.07) is 11.0. The van der Waals surface area contributed by atoms with E-state index in [1.807, 2.05) is 35.7 Å². The van der Waals surface area contributed by atoms with E-state index in [2.05, 4.69) is 11.5 Å². The van der Waals surface area contributed by atoms with Crippen molar-refractivity contribution in [3.63, 3.8) is 0 Å². The van der Waals surface area contributed by atoms with Crippen LogP contribution in [0.25, 0.3) is 6.08 Å². The summed E-state index contributed by atoms with van der Waals surface area (Å²) >= 11 is 1.57. The van der Waals surface area contributed by atoms with Gasteiger partial charge in [-0.25, -0.2) is 14.6 Å². The monoisotopic (exact) mass is 568 g/mol. The molecule has 3 amide bonds. The summed E-state index contributed by atoms with van der Waals surface area (Å²) in [4.78, 5) is 47.5. The molecule has 0 spiro atoms. The molecule has 0 atom stereocenters. The number of hydrogen-bond donors (Lipinski definition) is 0. The Kier molecular flexibility index (Phi) is 9.24. The van der Waals surface area contributed by atoms with Gasteiger partial charge in [0.15, 0.2) is 0 Å². The highest BCUT2D eigenvalue weighted by Gasteiger charge is 2.43. The number of carbonyl (C=O) groups is 3. The largest absolute Gasteiger partial charge is 0.465 e. The number of methoxy groups -OCH3 is 1. The van der Waals surface area contributed by atoms with Gasteiger partial charge in [-0.15, -0.1) is 23.7 Å². The molecule has 1 saturated carbocycles. The van der Waals surface area contributed by atoms with E-state index in [0.717, 1.165) is 54.1 Å². The van der Waals surface area contributed by atoms with Gasteiger partial charge in [0.05, 0.1) is 31.1 Å². The van der Waals surface area contributed by atoms with Crippen molar-refractivity contribution in [2.24, 2.45) is 5.92 Å². The van der Waals surface area contributed by atoms with Crippen LogP contribution in [-0.4, -0.2) is 50.9 Å². The molecule has 39 heavy (non-hydrogen) atoms. The Hall–Kier alpha value is -3.43. The Morgan fingerprint density at radius 1 is 1.13 bits per heavy atom. The van der Waals surface area contributed by atoms with Gasteiger partial charge in [-0.05, 0) is 60.4 Å². The van der Waals surface area contributed by atoms with E-state index < -0.39 is 0 Å². The minimum atomic E-state index is -0.376. The lowest BCUT2D eigenvalue weighted by atomic mass is 10.1. The molecule has 2 aliphatic rings. The number of nitrogens with zero attached hydrogens (tertiary/aromatic N) is 4. The van der Waals surface area contributed by atoms with Crippen molar-refractivity contribution in [3.8, 4) is 0 Å². The molecule has 2 aromatic heterocycles. The van der Waals surface area contributed by atoms with Crippen molar-refractivity contribution in [3.05, 3.63) is 81.2 Å². The molecular weight excluding hydrogens is 536 g/mol. The molecule has 0 bridgehead atoms. The molecule has 2 fully saturated rings. The lowest BCUT2D eigenvalue weighted by Crippen LogP contribution is -2.34. The summed E-state index contributed by atoms with van der Waals surface area (Å²) in [5.41, 5.74) is 2.64. The van der Waals surface area contributed by atoms with E-state index in [4.69, 9.17) is 9.72 Å². The highest BCUT2D eigenvalue weighted by Crippen LogP contribution is 2.34. The van der Waals surface area contributed by atoms with E-state index in [0.29, 0.717) is 36.8 Å². The molecule has 1 aromatic carbocycles. The van der Waals surface area contributed by atoms with Crippen molar-refractivity contribution < 1.29 is 19.1 Å². The highest BCUT2D eigenvalue weighted by atomic mass is 35.5.